The fourth-order valence-electron chi connectivity index (χ4n) is 3.02. The highest BCUT2D eigenvalue weighted by molar-refractivity contribution is 9.10. The Labute approximate surface area is 203 Å². The Morgan fingerprint density at radius 2 is 1.84 bits per heavy atom. The molecule has 1 aromatic heterocycles. The van der Waals surface area contributed by atoms with Gasteiger partial charge in [0.05, 0.1) is 5.69 Å². The topological polar surface area (TPSA) is 65.8 Å². The largest absolute Gasteiger partial charge is 0.360 e. The molecule has 0 spiro atoms. The van der Waals surface area contributed by atoms with Gasteiger partial charge in [-0.3, -0.25) is 4.79 Å². The fraction of sp³-hybridized carbons (Fsp3) is 0. The third-order valence-electron chi connectivity index (χ3n) is 4.63. The lowest BCUT2D eigenvalue weighted by Crippen LogP contribution is -2.05. The molecule has 1 heterocycles. The maximum absolute atomic E-state index is 13.0. The summed E-state index contributed by atoms with van der Waals surface area (Å²) in [4.78, 5) is 17.6. The van der Waals surface area contributed by atoms with Crippen molar-refractivity contribution in [3.05, 3.63) is 110 Å². The molecule has 0 aliphatic heterocycles. The minimum atomic E-state index is -0.158. The summed E-state index contributed by atoms with van der Waals surface area (Å²) in [5.74, 6) is -0.158. The van der Waals surface area contributed by atoms with E-state index >= 15 is 0 Å². The Hall–Kier alpha value is -3.24. The molecule has 4 rings (SSSR count). The van der Waals surface area contributed by atoms with E-state index in [1.807, 2.05) is 47.8 Å². The van der Waals surface area contributed by atoms with Crippen molar-refractivity contribution < 1.29 is 4.79 Å². The highest BCUT2D eigenvalue weighted by Gasteiger charge is 2.15. The number of hydrogen-bond donors (Lipinski definition) is 1. The van der Waals surface area contributed by atoms with Crippen molar-refractivity contribution in [3.63, 3.8) is 0 Å². The van der Waals surface area contributed by atoms with Crippen LogP contribution in [-0.2, 0) is 0 Å². The van der Waals surface area contributed by atoms with Gasteiger partial charge in [-0.05, 0) is 30.3 Å². The van der Waals surface area contributed by atoms with Crippen LogP contribution in [0.15, 0.2) is 88.8 Å². The van der Waals surface area contributed by atoms with Gasteiger partial charge in [0.15, 0.2) is 5.78 Å². The number of thiazole rings is 1. The van der Waals surface area contributed by atoms with Crippen molar-refractivity contribution in [1.29, 1.82) is 5.26 Å². The van der Waals surface area contributed by atoms with E-state index in [9.17, 15) is 10.1 Å². The summed E-state index contributed by atoms with van der Waals surface area (Å²) in [6.07, 6.45) is 1.56. The molecule has 7 heteroatoms. The molecule has 0 aliphatic rings. The van der Waals surface area contributed by atoms with E-state index in [2.05, 4.69) is 32.3 Å². The van der Waals surface area contributed by atoms with Crippen molar-refractivity contribution in [2.24, 2.45) is 0 Å². The van der Waals surface area contributed by atoms with E-state index in [-0.39, 0.29) is 5.78 Å². The van der Waals surface area contributed by atoms with Crippen LogP contribution in [0.4, 0.5) is 5.69 Å². The number of benzene rings is 3. The molecular weight excluding hydrogens is 506 g/mol. The van der Waals surface area contributed by atoms with Crippen molar-refractivity contribution in [1.82, 2.24) is 4.98 Å². The quantitative estimate of drug-likeness (QED) is 0.212. The summed E-state index contributed by atoms with van der Waals surface area (Å²) in [5.41, 5.74) is 3.67. The number of halogens is 2. The minimum absolute atomic E-state index is 0.158. The highest BCUT2D eigenvalue weighted by atomic mass is 79.9. The number of hydrogen-bond acceptors (Lipinski definition) is 5. The lowest BCUT2D eigenvalue weighted by molar-refractivity contribution is 0.103. The molecule has 0 amide bonds. The third-order valence-corrected chi connectivity index (χ3v) is 6.27. The normalized spacial score (nSPS) is 11.1. The smallest absolute Gasteiger partial charge is 0.195 e. The van der Waals surface area contributed by atoms with E-state index in [1.165, 1.54) is 11.3 Å². The van der Waals surface area contributed by atoms with Crippen LogP contribution in [0.1, 0.15) is 20.9 Å². The van der Waals surface area contributed by atoms with Crippen LogP contribution in [-0.4, -0.2) is 10.8 Å². The second kappa shape index (κ2) is 9.92. The summed E-state index contributed by atoms with van der Waals surface area (Å²) in [6, 6.07) is 24.0. The van der Waals surface area contributed by atoms with E-state index in [0.717, 1.165) is 15.7 Å². The van der Waals surface area contributed by atoms with E-state index in [1.54, 1.807) is 36.5 Å². The van der Waals surface area contributed by atoms with Gasteiger partial charge in [0.1, 0.15) is 16.6 Å². The summed E-state index contributed by atoms with van der Waals surface area (Å²) in [6.45, 7) is 0. The van der Waals surface area contributed by atoms with Gasteiger partial charge in [0, 0.05) is 43.5 Å². The molecular formula is C25H15BrClN3OS. The van der Waals surface area contributed by atoms with Gasteiger partial charge >= 0.3 is 0 Å². The Bertz CT molecular complexity index is 1340. The molecule has 0 fully saturated rings. The molecule has 0 aliphatic carbocycles. The van der Waals surface area contributed by atoms with Crippen LogP contribution in [0.2, 0.25) is 5.02 Å². The average Bonchev–Trinajstić information content (AvgIpc) is 3.31. The van der Waals surface area contributed by atoms with Crippen molar-refractivity contribution in [3.8, 4) is 17.3 Å². The Kier molecular flexibility index (Phi) is 6.81. The second-order valence-corrected chi connectivity index (χ2v) is 8.95. The minimum Gasteiger partial charge on any atom is -0.360 e. The summed E-state index contributed by atoms with van der Waals surface area (Å²) < 4.78 is 0.988. The standard InChI is InChI=1S/C25H15BrClN3OS/c26-19-8-6-16(7-9-19)23-15-32-25(30-23)18(13-28)14-29-22-11-10-20(27)12-21(22)24(31)17-4-2-1-3-5-17/h1-12,14-15,29H/b18-14+. The Morgan fingerprint density at radius 3 is 2.56 bits per heavy atom. The predicted octanol–water partition coefficient (Wildman–Crippen LogP) is 7.43. The number of nitrogens with zero attached hydrogens (tertiary/aromatic N) is 2. The van der Waals surface area contributed by atoms with Gasteiger partial charge in [-0.2, -0.15) is 5.26 Å². The van der Waals surface area contributed by atoms with Gasteiger partial charge in [-0.15, -0.1) is 11.3 Å². The van der Waals surface area contributed by atoms with Crippen LogP contribution < -0.4 is 5.32 Å². The molecule has 0 saturated heterocycles. The lowest BCUT2D eigenvalue weighted by atomic mass is 10.0. The van der Waals surface area contributed by atoms with Gasteiger partial charge in [0.2, 0.25) is 0 Å². The molecule has 1 N–H and O–H groups in total. The number of carbonyl (C=O) groups is 1. The number of nitriles is 1. The third kappa shape index (κ3) is 4.97. The van der Waals surface area contributed by atoms with Gasteiger partial charge < -0.3 is 5.32 Å². The van der Waals surface area contributed by atoms with Crippen LogP contribution in [0.5, 0.6) is 0 Å². The number of rotatable bonds is 6. The van der Waals surface area contributed by atoms with Crippen LogP contribution in [0.3, 0.4) is 0 Å². The van der Waals surface area contributed by atoms with Crippen molar-refractivity contribution in [2.45, 2.75) is 0 Å². The van der Waals surface area contributed by atoms with Crippen molar-refractivity contribution >= 4 is 55.9 Å². The molecule has 3 aromatic carbocycles. The van der Waals surface area contributed by atoms with E-state index in [4.69, 9.17) is 11.6 Å². The van der Waals surface area contributed by atoms with Crippen LogP contribution in [0.25, 0.3) is 16.8 Å². The first-order chi connectivity index (χ1) is 15.5. The zero-order chi connectivity index (χ0) is 22.5. The second-order valence-electron chi connectivity index (χ2n) is 6.74. The Morgan fingerprint density at radius 1 is 1.09 bits per heavy atom. The van der Waals surface area contributed by atoms with Gasteiger partial charge in [-0.1, -0.05) is 70.0 Å². The molecule has 0 unspecified atom stereocenters. The number of allylic oxidation sites excluding steroid dienone is 1. The van der Waals surface area contributed by atoms with Gasteiger partial charge in [-0.25, -0.2) is 4.98 Å². The van der Waals surface area contributed by atoms with Crippen LogP contribution in [0, 0.1) is 11.3 Å². The molecule has 4 aromatic rings. The number of anilines is 1. The number of carbonyl (C=O) groups excluding carboxylic acids is 1. The zero-order valence-corrected chi connectivity index (χ0v) is 19.7. The van der Waals surface area contributed by atoms with Crippen LogP contribution >= 0.6 is 38.9 Å². The summed E-state index contributed by atoms with van der Waals surface area (Å²) in [7, 11) is 0. The number of nitrogens with one attached hydrogen (secondary N) is 1. The molecule has 0 bridgehead atoms. The maximum Gasteiger partial charge on any atom is 0.195 e. The average molecular weight is 521 g/mol. The SMILES string of the molecule is N#C/C(=C\Nc1ccc(Cl)cc1C(=O)c1ccccc1)c1nc(-c2ccc(Br)cc2)cs1. The Balaban J connectivity index is 1.62. The highest BCUT2D eigenvalue weighted by Crippen LogP contribution is 2.28. The predicted molar refractivity (Wildman–Crippen MR) is 134 cm³/mol. The summed E-state index contributed by atoms with van der Waals surface area (Å²) in [5, 5.41) is 15.7. The molecule has 156 valence electrons. The monoisotopic (exact) mass is 519 g/mol. The maximum atomic E-state index is 13.0. The lowest BCUT2D eigenvalue weighted by Gasteiger charge is -2.10. The first kappa shape index (κ1) is 22.0. The zero-order valence-electron chi connectivity index (χ0n) is 16.5. The first-order valence-corrected chi connectivity index (χ1v) is 11.6. The summed E-state index contributed by atoms with van der Waals surface area (Å²) >= 11 is 11.0. The number of aromatic nitrogens is 1. The molecule has 32 heavy (non-hydrogen) atoms. The molecule has 0 radical (unpaired) electrons. The fourth-order valence-corrected chi connectivity index (χ4v) is 4.25. The molecule has 4 nitrogen and oxygen atoms in total. The number of ketones is 1. The first-order valence-electron chi connectivity index (χ1n) is 9.53. The van der Waals surface area contributed by atoms with E-state index in [0.29, 0.717) is 32.4 Å². The van der Waals surface area contributed by atoms with Gasteiger partial charge in [0.25, 0.3) is 0 Å². The molecule has 0 saturated carbocycles. The molecule has 0 atom stereocenters. The van der Waals surface area contributed by atoms with E-state index < -0.39 is 0 Å². The van der Waals surface area contributed by atoms with Crippen molar-refractivity contribution in [2.75, 3.05) is 5.32 Å².